The number of hydrogen-bond acceptors (Lipinski definition) is 3. The van der Waals surface area contributed by atoms with E-state index in [-0.39, 0.29) is 22.2 Å². The zero-order chi connectivity index (χ0) is 11.6. The number of carboxylic acids is 1. The van der Waals surface area contributed by atoms with E-state index in [0.717, 1.165) is 0 Å². The molecule has 0 spiro atoms. The van der Waals surface area contributed by atoms with E-state index in [1.807, 2.05) is 0 Å². The van der Waals surface area contributed by atoms with Crippen LogP contribution in [0, 0.1) is 0 Å². The van der Waals surface area contributed by atoms with Gasteiger partial charge in [0.25, 0.3) is 0 Å². The number of aliphatic carboxylic acids is 1. The topological polar surface area (TPSA) is 83.5 Å². The molecule has 1 aromatic carbocycles. The quantitative estimate of drug-likeness (QED) is 0.761. The number of benzene rings is 1. The Balaban J connectivity index is 2.97. The fourth-order valence-corrected chi connectivity index (χ4v) is 1.48. The lowest BCUT2D eigenvalue weighted by Crippen LogP contribution is -2.32. The molecule has 15 heavy (non-hydrogen) atoms. The van der Waals surface area contributed by atoms with Gasteiger partial charge in [-0.25, -0.2) is 0 Å². The largest absolute Gasteiger partial charge is 0.506 e. The smallest absolute Gasteiger partial charge is 0.320 e. The van der Waals surface area contributed by atoms with E-state index in [4.69, 9.17) is 34.0 Å². The summed E-state index contributed by atoms with van der Waals surface area (Å²) in [5.41, 5.74) is 5.84. The molecule has 82 valence electrons. The van der Waals surface area contributed by atoms with Crippen LogP contribution >= 0.6 is 23.2 Å². The predicted octanol–water partition coefficient (Wildman–Crippen LogP) is 1.65. The summed E-state index contributed by atoms with van der Waals surface area (Å²) in [5.74, 6) is -1.26. The van der Waals surface area contributed by atoms with Crippen molar-refractivity contribution in [3.8, 4) is 5.75 Å². The van der Waals surface area contributed by atoms with Crippen LogP contribution in [0.4, 0.5) is 0 Å². The molecule has 0 radical (unpaired) electrons. The highest BCUT2D eigenvalue weighted by atomic mass is 35.5. The Morgan fingerprint density at radius 3 is 2.53 bits per heavy atom. The molecule has 0 heterocycles. The van der Waals surface area contributed by atoms with Crippen molar-refractivity contribution in [3.63, 3.8) is 0 Å². The maximum atomic E-state index is 10.5. The molecule has 0 saturated heterocycles. The number of hydrogen-bond donors (Lipinski definition) is 3. The van der Waals surface area contributed by atoms with Crippen LogP contribution in [-0.4, -0.2) is 22.2 Å². The van der Waals surface area contributed by atoms with Gasteiger partial charge < -0.3 is 15.9 Å². The van der Waals surface area contributed by atoms with E-state index < -0.39 is 12.0 Å². The van der Waals surface area contributed by atoms with Crippen molar-refractivity contribution in [2.75, 3.05) is 0 Å². The molecule has 1 aromatic rings. The molecule has 0 aromatic heterocycles. The van der Waals surface area contributed by atoms with Crippen LogP contribution in [0.15, 0.2) is 12.1 Å². The summed E-state index contributed by atoms with van der Waals surface area (Å²) in [6, 6.07) is 1.80. The van der Waals surface area contributed by atoms with E-state index in [2.05, 4.69) is 0 Å². The highest BCUT2D eigenvalue weighted by Crippen LogP contribution is 2.34. The molecule has 1 atom stereocenters. The van der Waals surface area contributed by atoms with Crippen molar-refractivity contribution in [3.05, 3.63) is 27.7 Å². The standard InChI is InChI=1S/C9H9Cl2NO3/c10-7-4(3-5(12)9(14)15)1-2-6(13)8(7)11/h1-2,5,13H,3,12H2,(H,14,15). The SMILES string of the molecule is NC(Cc1ccc(O)c(Cl)c1Cl)C(=O)O. The number of rotatable bonds is 3. The van der Waals surface area contributed by atoms with Crippen molar-refractivity contribution in [2.24, 2.45) is 5.73 Å². The van der Waals surface area contributed by atoms with Gasteiger partial charge in [0.15, 0.2) is 0 Å². The molecule has 1 rings (SSSR count). The summed E-state index contributed by atoms with van der Waals surface area (Å²) in [6.45, 7) is 0. The van der Waals surface area contributed by atoms with E-state index in [0.29, 0.717) is 5.56 Å². The van der Waals surface area contributed by atoms with Crippen LogP contribution in [0.5, 0.6) is 5.75 Å². The first kappa shape index (κ1) is 12.1. The van der Waals surface area contributed by atoms with Crippen molar-refractivity contribution < 1.29 is 15.0 Å². The van der Waals surface area contributed by atoms with Gasteiger partial charge in [0, 0.05) is 0 Å². The van der Waals surface area contributed by atoms with Gasteiger partial charge in [0.05, 0.1) is 5.02 Å². The van der Waals surface area contributed by atoms with Crippen LogP contribution in [-0.2, 0) is 11.2 Å². The van der Waals surface area contributed by atoms with Gasteiger partial charge in [-0.05, 0) is 18.1 Å². The molecule has 4 N–H and O–H groups in total. The van der Waals surface area contributed by atoms with Crippen molar-refractivity contribution in [1.29, 1.82) is 0 Å². The molecule has 0 fully saturated rings. The number of carbonyl (C=O) groups is 1. The maximum absolute atomic E-state index is 10.5. The first-order valence-electron chi connectivity index (χ1n) is 4.07. The maximum Gasteiger partial charge on any atom is 0.320 e. The first-order valence-corrected chi connectivity index (χ1v) is 4.83. The third kappa shape index (κ3) is 2.75. The molecule has 0 amide bonds. The van der Waals surface area contributed by atoms with E-state index in [1.54, 1.807) is 0 Å². The van der Waals surface area contributed by atoms with E-state index >= 15 is 0 Å². The Labute approximate surface area is 96.2 Å². The number of halogens is 2. The minimum Gasteiger partial charge on any atom is -0.506 e. The minimum absolute atomic E-state index is 0.00626. The number of aromatic hydroxyl groups is 1. The Morgan fingerprint density at radius 1 is 1.40 bits per heavy atom. The van der Waals surface area contributed by atoms with Crippen molar-refractivity contribution in [2.45, 2.75) is 12.5 Å². The summed E-state index contributed by atoms with van der Waals surface area (Å²) in [7, 11) is 0. The lowest BCUT2D eigenvalue weighted by atomic mass is 10.1. The van der Waals surface area contributed by atoms with Gasteiger partial charge in [-0.1, -0.05) is 29.3 Å². The van der Waals surface area contributed by atoms with Crippen LogP contribution in [0.3, 0.4) is 0 Å². The van der Waals surface area contributed by atoms with Crippen LogP contribution in [0.25, 0.3) is 0 Å². The zero-order valence-corrected chi connectivity index (χ0v) is 9.09. The van der Waals surface area contributed by atoms with E-state index in [9.17, 15) is 9.90 Å². The predicted molar refractivity (Wildman–Crippen MR) is 57.4 cm³/mol. The van der Waals surface area contributed by atoms with Gasteiger partial charge in [-0.15, -0.1) is 0 Å². The molecule has 0 aliphatic carbocycles. The molecule has 4 nitrogen and oxygen atoms in total. The van der Waals surface area contributed by atoms with Crippen LogP contribution < -0.4 is 5.73 Å². The van der Waals surface area contributed by atoms with Crippen molar-refractivity contribution >= 4 is 29.2 Å². The fraction of sp³-hybridized carbons (Fsp3) is 0.222. The molecule has 0 saturated carbocycles. The summed E-state index contributed by atoms with van der Waals surface area (Å²) in [6.07, 6.45) is 0.0637. The lowest BCUT2D eigenvalue weighted by molar-refractivity contribution is -0.138. The summed E-state index contributed by atoms with van der Waals surface area (Å²) < 4.78 is 0. The number of nitrogens with two attached hydrogens (primary N) is 1. The van der Waals surface area contributed by atoms with Crippen LogP contribution in [0.1, 0.15) is 5.56 Å². The molecule has 1 unspecified atom stereocenters. The second-order valence-electron chi connectivity index (χ2n) is 3.02. The third-order valence-corrected chi connectivity index (χ3v) is 2.81. The summed E-state index contributed by atoms with van der Waals surface area (Å²) >= 11 is 11.5. The zero-order valence-electron chi connectivity index (χ0n) is 7.58. The Hall–Kier alpha value is -0.970. The fourth-order valence-electron chi connectivity index (χ4n) is 1.06. The molecular weight excluding hydrogens is 241 g/mol. The van der Waals surface area contributed by atoms with Gasteiger partial charge in [-0.2, -0.15) is 0 Å². The summed E-state index contributed by atoms with van der Waals surface area (Å²) in [5, 5.41) is 18.0. The van der Waals surface area contributed by atoms with Gasteiger partial charge in [0.2, 0.25) is 0 Å². The van der Waals surface area contributed by atoms with Gasteiger partial charge >= 0.3 is 5.97 Å². The Kier molecular flexibility index (Phi) is 3.79. The monoisotopic (exact) mass is 249 g/mol. The lowest BCUT2D eigenvalue weighted by Gasteiger charge is -2.09. The highest BCUT2D eigenvalue weighted by Gasteiger charge is 2.16. The normalized spacial score (nSPS) is 12.5. The minimum atomic E-state index is -1.12. The highest BCUT2D eigenvalue weighted by molar-refractivity contribution is 6.43. The molecule has 0 aliphatic rings. The second kappa shape index (κ2) is 4.70. The third-order valence-electron chi connectivity index (χ3n) is 1.90. The van der Waals surface area contributed by atoms with Gasteiger partial charge in [0.1, 0.15) is 16.8 Å². The van der Waals surface area contributed by atoms with Gasteiger partial charge in [-0.3, -0.25) is 4.79 Å². The average Bonchev–Trinajstić information content (AvgIpc) is 2.18. The Bertz CT molecular complexity index is 395. The molecule has 0 bridgehead atoms. The molecule has 6 heteroatoms. The number of carboxylic acid groups (broad SMARTS) is 1. The number of phenolic OH excluding ortho intramolecular Hbond substituents is 1. The number of phenols is 1. The van der Waals surface area contributed by atoms with Crippen molar-refractivity contribution in [1.82, 2.24) is 0 Å². The van der Waals surface area contributed by atoms with Crippen LogP contribution in [0.2, 0.25) is 10.0 Å². The molecular formula is C9H9Cl2NO3. The second-order valence-corrected chi connectivity index (χ2v) is 3.78. The summed E-state index contributed by atoms with van der Waals surface area (Å²) in [4.78, 5) is 10.5. The average molecular weight is 250 g/mol. The van der Waals surface area contributed by atoms with E-state index in [1.165, 1.54) is 12.1 Å². The Morgan fingerprint density at radius 2 is 2.00 bits per heavy atom. The molecule has 0 aliphatic heterocycles. The first-order chi connectivity index (χ1) is 6.93.